The van der Waals surface area contributed by atoms with Crippen LogP contribution >= 0.6 is 0 Å². The zero-order chi connectivity index (χ0) is 16.0. The fraction of sp³-hybridized carbons (Fsp3) is 0.467. The first-order chi connectivity index (χ1) is 9.75. The molecule has 6 heteroatoms. The molecule has 1 amide bonds. The molecule has 21 heavy (non-hydrogen) atoms. The minimum atomic E-state index is -0.172. The van der Waals surface area contributed by atoms with E-state index in [0.717, 1.165) is 6.54 Å². The van der Waals surface area contributed by atoms with Crippen molar-refractivity contribution in [3.63, 3.8) is 0 Å². The van der Waals surface area contributed by atoms with Crippen molar-refractivity contribution in [2.45, 2.75) is 13.8 Å². The Morgan fingerprint density at radius 2 is 2.00 bits per heavy atom. The van der Waals surface area contributed by atoms with E-state index in [1.165, 1.54) is 0 Å². The van der Waals surface area contributed by atoms with E-state index in [1.807, 2.05) is 14.1 Å². The van der Waals surface area contributed by atoms with Crippen molar-refractivity contribution >= 4 is 11.7 Å². The van der Waals surface area contributed by atoms with E-state index in [0.29, 0.717) is 17.7 Å². The highest BCUT2D eigenvalue weighted by Crippen LogP contribution is 2.14. The van der Waals surface area contributed by atoms with Gasteiger partial charge < -0.3 is 21.2 Å². The normalized spacial score (nSPS) is 12.5. The molecule has 0 aliphatic heterocycles. The summed E-state index contributed by atoms with van der Waals surface area (Å²) in [5.74, 6) is -0.188. The molecule has 0 bridgehead atoms. The Balaban J connectivity index is 2.72. The first kappa shape index (κ1) is 17.0. The molecule has 6 nitrogen and oxygen atoms in total. The third-order valence-corrected chi connectivity index (χ3v) is 3.00. The maximum Gasteiger partial charge on any atom is 0.251 e. The Morgan fingerprint density at radius 1 is 1.38 bits per heavy atom. The molecule has 0 unspecified atom stereocenters. The molecule has 0 aromatic heterocycles. The van der Waals surface area contributed by atoms with Crippen LogP contribution in [-0.4, -0.2) is 49.0 Å². The lowest BCUT2D eigenvalue weighted by molar-refractivity contribution is 0.0929. The molecule has 4 N–H and O–H groups in total. The lowest BCUT2D eigenvalue weighted by atomic mass is 9.93. The van der Waals surface area contributed by atoms with Crippen LogP contribution in [0, 0.1) is 5.41 Å². The number of rotatable bonds is 6. The molecule has 0 aliphatic carbocycles. The third-order valence-electron chi connectivity index (χ3n) is 3.00. The van der Waals surface area contributed by atoms with Crippen molar-refractivity contribution in [2.75, 3.05) is 27.2 Å². The molecule has 0 spiro atoms. The molecule has 1 rings (SSSR count). The summed E-state index contributed by atoms with van der Waals surface area (Å²) in [6.45, 7) is 5.63. The third kappa shape index (κ3) is 5.43. The first-order valence-corrected chi connectivity index (χ1v) is 6.76. The topological polar surface area (TPSA) is 91.0 Å². The Labute approximate surface area is 125 Å². The van der Waals surface area contributed by atoms with E-state index in [9.17, 15) is 4.79 Å². The van der Waals surface area contributed by atoms with E-state index >= 15 is 0 Å². The number of nitrogens with two attached hydrogens (primary N) is 1. The lowest BCUT2D eigenvalue weighted by Crippen LogP contribution is -2.40. The number of oxime groups is 1. The van der Waals surface area contributed by atoms with Gasteiger partial charge in [-0.2, -0.15) is 0 Å². The van der Waals surface area contributed by atoms with Gasteiger partial charge in [0.25, 0.3) is 5.91 Å². The molecule has 0 saturated heterocycles. The average Bonchev–Trinajstić information content (AvgIpc) is 2.42. The van der Waals surface area contributed by atoms with Gasteiger partial charge in [-0.05, 0) is 31.6 Å². The standard InChI is InChI=1S/C15H24N4O2/c1-15(2,10-19(3)4)9-17-14(20)12-7-5-6-11(8-12)13(16)18-21/h5-8,21H,9-10H2,1-4H3,(H2,16,18)(H,17,20). The Kier molecular flexibility index (Phi) is 5.72. The summed E-state index contributed by atoms with van der Waals surface area (Å²) in [6.07, 6.45) is 0. The van der Waals surface area contributed by atoms with Crippen molar-refractivity contribution in [3.8, 4) is 0 Å². The second kappa shape index (κ2) is 7.08. The summed E-state index contributed by atoms with van der Waals surface area (Å²) in [7, 11) is 4.01. The van der Waals surface area contributed by atoms with Crippen LogP contribution in [0.25, 0.3) is 0 Å². The largest absolute Gasteiger partial charge is 0.409 e. The lowest BCUT2D eigenvalue weighted by Gasteiger charge is -2.28. The Morgan fingerprint density at radius 3 is 2.57 bits per heavy atom. The smallest absolute Gasteiger partial charge is 0.251 e. The zero-order valence-electron chi connectivity index (χ0n) is 13.1. The fourth-order valence-corrected chi connectivity index (χ4v) is 2.21. The predicted octanol–water partition coefficient (Wildman–Crippen LogP) is 1.10. The minimum absolute atomic E-state index is 0.0161. The van der Waals surface area contributed by atoms with Gasteiger partial charge in [0.1, 0.15) is 0 Å². The summed E-state index contributed by atoms with van der Waals surface area (Å²) < 4.78 is 0. The van der Waals surface area contributed by atoms with Gasteiger partial charge in [0.15, 0.2) is 5.84 Å². The van der Waals surface area contributed by atoms with Gasteiger partial charge in [0.2, 0.25) is 0 Å². The number of nitrogens with one attached hydrogen (secondary N) is 1. The average molecular weight is 292 g/mol. The SMILES string of the molecule is CN(C)CC(C)(C)CNC(=O)c1cccc(/C(N)=N/O)c1. The molecular formula is C15H24N4O2. The summed E-state index contributed by atoms with van der Waals surface area (Å²) >= 11 is 0. The molecule has 0 heterocycles. The molecule has 0 saturated carbocycles. The summed E-state index contributed by atoms with van der Waals surface area (Å²) in [6, 6.07) is 6.68. The highest BCUT2D eigenvalue weighted by atomic mass is 16.4. The van der Waals surface area contributed by atoms with Crippen LogP contribution in [-0.2, 0) is 0 Å². The molecule has 0 aliphatic rings. The number of carbonyl (C=O) groups is 1. The van der Waals surface area contributed by atoms with Crippen LogP contribution in [0.4, 0.5) is 0 Å². The van der Waals surface area contributed by atoms with Gasteiger partial charge in [-0.25, -0.2) is 0 Å². The zero-order valence-corrected chi connectivity index (χ0v) is 13.1. The monoisotopic (exact) mass is 292 g/mol. The molecule has 0 fully saturated rings. The molecular weight excluding hydrogens is 268 g/mol. The van der Waals surface area contributed by atoms with Gasteiger partial charge in [-0.3, -0.25) is 4.79 Å². The van der Waals surface area contributed by atoms with Gasteiger partial charge in [-0.1, -0.05) is 31.1 Å². The van der Waals surface area contributed by atoms with Gasteiger partial charge >= 0.3 is 0 Å². The molecule has 1 aromatic carbocycles. The maximum atomic E-state index is 12.2. The van der Waals surface area contributed by atoms with Gasteiger partial charge in [-0.15, -0.1) is 0 Å². The summed E-state index contributed by atoms with van der Waals surface area (Å²) in [5.41, 5.74) is 6.50. The summed E-state index contributed by atoms with van der Waals surface area (Å²) in [5, 5.41) is 14.5. The summed E-state index contributed by atoms with van der Waals surface area (Å²) in [4.78, 5) is 14.3. The van der Waals surface area contributed by atoms with Gasteiger partial charge in [0.05, 0.1) is 0 Å². The quantitative estimate of drug-likeness (QED) is 0.317. The van der Waals surface area contributed by atoms with Crippen molar-refractivity contribution < 1.29 is 10.0 Å². The van der Waals surface area contributed by atoms with E-state index in [2.05, 4.69) is 29.2 Å². The van der Waals surface area contributed by atoms with E-state index in [4.69, 9.17) is 10.9 Å². The fourth-order valence-electron chi connectivity index (χ4n) is 2.21. The highest BCUT2D eigenvalue weighted by molar-refractivity contribution is 6.01. The van der Waals surface area contributed by atoms with Crippen molar-refractivity contribution in [1.82, 2.24) is 10.2 Å². The number of hydrogen-bond donors (Lipinski definition) is 3. The number of amides is 1. The molecule has 1 aromatic rings. The van der Waals surface area contributed by atoms with Crippen molar-refractivity contribution in [2.24, 2.45) is 16.3 Å². The highest BCUT2D eigenvalue weighted by Gasteiger charge is 2.20. The Hall–Kier alpha value is -2.08. The van der Waals surface area contributed by atoms with Crippen molar-refractivity contribution in [1.29, 1.82) is 0 Å². The maximum absolute atomic E-state index is 12.2. The van der Waals surface area contributed by atoms with Crippen LogP contribution in [0.5, 0.6) is 0 Å². The number of nitrogens with zero attached hydrogens (tertiary/aromatic N) is 2. The number of hydrogen-bond acceptors (Lipinski definition) is 4. The molecule has 116 valence electrons. The molecule has 0 atom stereocenters. The van der Waals surface area contributed by atoms with Crippen LogP contribution < -0.4 is 11.1 Å². The first-order valence-electron chi connectivity index (χ1n) is 6.76. The minimum Gasteiger partial charge on any atom is -0.409 e. The second-order valence-electron chi connectivity index (χ2n) is 6.15. The Bertz CT molecular complexity index is 524. The van der Waals surface area contributed by atoms with Crippen LogP contribution in [0.1, 0.15) is 29.8 Å². The van der Waals surface area contributed by atoms with E-state index in [-0.39, 0.29) is 17.2 Å². The van der Waals surface area contributed by atoms with Crippen LogP contribution in [0.3, 0.4) is 0 Å². The number of carbonyl (C=O) groups excluding carboxylic acids is 1. The molecule has 0 radical (unpaired) electrons. The number of amidine groups is 1. The van der Waals surface area contributed by atoms with E-state index < -0.39 is 0 Å². The predicted molar refractivity (Wildman–Crippen MR) is 83.6 cm³/mol. The van der Waals surface area contributed by atoms with Crippen LogP contribution in [0.15, 0.2) is 29.4 Å². The van der Waals surface area contributed by atoms with E-state index in [1.54, 1.807) is 24.3 Å². The second-order valence-corrected chi connectivity index (χ2v) is 6.15. The number of benzene rings is 1. The van der Waals surface area contributed by atoms with Crippen molar-refractivity contribution in [3.05, 3.63) is 35.4 Å². The van der Waals surface area contributed by atoms with Gasteiger partial charge in [0, 0.05) is 24.2 Å². The van der Waals surface area contributed by atoms with Crippen LogP contribution in [0.2, 0.25) is 0 Å².